The summed E-state index contributed by atoms with van der Waals surface area (Å²) in [5.41, 5.74) is 9.15. The predicted octanol–water partition coefficient (Wildman–Crippen LogP) is 10.3. The molecule has 2 amide bonds. The molecule has 2 aliphatic heterocycles. The molecule has 64 heavy (non-hydrogen) atoms. The van der Waals surface area contributed by atoms with Crippen LogP contribution in [0.3, 0.4) is 0 Å². The highest BCUT2D eigenvalue weighted by Crippen LogP contribution is 2.41. The second kappa shape index (κ2) is 19.1. The number of aryl methyl sites for hydroxylation is 2. The van der Waals surface area contributed by atoms with Gasteiger partial charge in [0.05, 0.1) is 29.7 Å². The van der Waals surface area contributed by atoms with E-state index in [9.17, 15) is 9.59 Å². The Kier molecular flexibility index (Phi) is 12.9. The largest absolute Gasteiger partial charge is 0.344 e. The van der Waals surface area contributed by atoms with Gasteiger partial charge in [0.15, 0.2) is 0 Å². The second-order valence-corrected chi connectivity index (χ2v) is 17.5. The molecule has 2 fully saturated rings. The Hall–Kier alpha value is -5.91. The van der Waals surface area contributed by atoms with Crippen molar-refractivity contribution < 1.29 is 14.0 Å². The number of fused-ring (bicyclic) bond motifs is 3. The molecule has 6 aromatic rings. The van der Waals surface area contributed by atoms with Crippen LogP contribution in [0.25, 0.3) is 33.6 Å². The maximum atomic E-state index is 16.2. The van der Waals surface area contributed by atoms with Crippen molar-refractivity contribution in [2.75, 3.05) is 39.3 Å². The fraction of sp³-hybridized carbons (Fsp3) is 0.396. The lowest BCUT2D eigenvalue weighted by Gasteiger charge is -2.34. The van der Waals surface area contributed by atoms with E-state index < -0.39 is 0 Å². The van der Waals surface area contributed by atoms with E-state index in [1.807, 2.05) is 65.6 Å². The van der Waals surface area contributed by atoms with Crippen LogP contribution in [0.5, 0.6) is 0 Å². The maximum Gasteiger partial charge on any atom is 0.245 e. The summed E-state index contributed by atoms with van der Waals surface area (Å²) < 4.78 is 16.2. The third kappa shape index (κ3) is 8.31. The van der Waals surface area contributed by atoms with Crippen molar-refractivity contribution in [3.63, 3.8) is 0 Å². The van der Waals surface area contributed by atoms with E-state index in [2.05, 4.69) is 82.7 Å². The van der Waals surface area contributed by atoms with Crippen molar-refractivity contribution in [2.45, 2.75) is 96.8 Å². The number of hydrogen-bond donors (Lipinski definition) is 2. The van der Waals surface area contributed by atoms with Gasteiger partial charge in [-0.2, -0.15) is 0 Å². The lowest BCUT2D eigenvalue weighted by atomic mass is 9.95. The van der Waals surface area contributed by atoms with Gasteiger partial charge in [0, 0.05) is 29.9 Å². The topological polar surface area (TPSA) is 104 Å². The highest BCUT2D eigenvalue weighted by Gasteiger charge is 2.40. The fourth-order valence-corrected chi connectivity index (χ4v) is 10.6. The number of rotatable bonds is 14. The highest BCUT2D eigenvalue weighted by molar-refractivity contribution is 5.85. The van der Waals surface area contributed by atoms with Crippen LogP contribution in [-0.4, -0.2) is 90.6 Å². The molecule has 11 heteroatoms. The van der Waals surface area contributed by atoms with E-state index in [1.165, 1.54) is 5.56 Å². The molecule has 9 rings (SSSR count). The van der Waals surface area contributed by atoms with Gasteiger partial charge in [-0.25, -0.2) is 14.4 Å². The Morgan fingerprint density at radius 2 is 1.22 bits per heavy atom. The standard InChI is InChI=1S/C53H61FN8O2/c1-5-59(6-2)48(35-18-11-9-12-19-35)52(63)61-30-16-24-45(61)50-55-34-44(57-50)41-29-27-38(33-42(41)54)37-26-28-40-39(32-37)22-15-23-43-47(40)58-51(56-43)46-25-17-31-62(46)53(64)49(60(7-3)8-4)36-20-13-10-14-21-36/h9-14,18-21,26-29,32-34,45-46,48-49H,5-8,15-17,22-25,30-31H2,1-4H3,(H,55,57)(H,56,58)/t45-,46+,48+,49+/m0/s1. The van der Waals surface area contributed by atoms with E-state index in [0.717, 1.165) is 116 Å². The van der Waals surface area contributed by atoms with Crippen LogP contribution in [0.1, 0.15) is 118 Å². The third-order valence-electron chi connectivity index (χ3n) is 14.0. The van der Waals surface area contributed by atoms with Crippen molar-refractivity contribution in [1.82, 2.24) is 39.5 Å². The molecule has 3 aliphatic rings. The van der Waals surface area contributed by atoms with Crippen molar-refractivity contribution in [1.29, 1.82) is 0 Å². The number of carbonyl (C=O) groups is 2. The molecule has 2 aromatic heterocycles. The monoisotopic (exact) mass is 860 g/mol. The number of likely N-dealkylation sites (N-methyl/N-ethyl adjacent to an activating group) is 2. The quantitative estimate of drug-likeness (QED) is 0.113. The summed E-state index contributed by atoms with van der Waals surface area (Å²) in [6.07, 6.45) is 7.89. The van der Waals surface area contributed by atoms with E-state index in [1.54, 1.807) is 12.3 Å². The number of aromatic nitrogens is 4. The van der Waals surface area contributed by atoms with Crippen LogP contribution < -0.4 is 0 Å². The normalized spacial score (nSPS) is 18.3. The summed E-state index contributed by atoms with van der Waals surface area (Å²) in [5, 5.41) is 0. The van der Waals surface area contributed by atoms with Crippen LogP contribution in [0.15, 0.2) is 103 Å². The SMILES string of the molecule is CCN(CC)[C@@H](C(=O)N1CCC[C@@H]1c1nc2c([nH]1)CCCc1cc(-c3ccc(-c4cnc([C@@H]5CCCN5C(=O)[C@@H](c5ccccc5)N(CC)CC)[nH]4)c(F)c3)ccc1-2)c1ccccc1. The van der Waals surface area contributed by atoms with E-state index in [0.29, 0.717) is 30.2 Å². The van der Waals surface area contributed by atoms with Crippen molar-refractivity contribution in [3.8, 4) is 33.6 Å². The molecule has 4 aromatic carbocycles. The molecule has 2 saturated heterocycles. The van der Waals surface area contributed by atoms with Gasteiger partial charge >= 0.3 is 0 Å². The van der Waals surface area contributed by atoms with Crippen LogP contribution in [0.4, 0.5) is 4.39 Å². The predicted molar refractivity (Wildman–Crippen MR) is 251 cm³/mol. The van der Waals surface area contributed by atoms with Gasteiger partial charge in [0.2, 0.25) is 11.8 Å². The fourth-order valence-electron chi connectivity index (χ4n) is 10.6. The number of amides is 2. The Balaban J connectivity index is 0.932. The number of imidazole rings is 2. The van der Waals surface area contributed by atoms with Gasteiger partial charge in [-0.1, -0.05) is 113 Å². The smallest absolute Gasteiger partial charge is 0.245 e. The average molecular weight is 861 g/mol. The first kappa shape index (κ1) is 43.3. The summed E-state index contributed by atoms with van der Waals surface area (Å²) in [5.74, 6) is 1.42. The summed E-state index contributed by atoms with van der Waals surface area (Å²) in [6, 6.07) is 30.9. The molecule has 10 nitrogen and oxygen atoms in total. The minimum absolute atomic E-state index is 0.0751. The number of aromatic amines is 2. The Bertz CT molecular complexity index is 2560. The number of nitrogens with zero attached hydrogens (tertiary/aromatic N) is 6. The minimum Gasteiger partial charge on any atom is -0.344 e. The molecule has 0 bridgehead atoms. The van der Waals surface area contributed by atoms with E-state index >= 15 is 4.39 Å². The van der Waals surface area contributed by atoms with Crippen LogP contribution in [0, 0.1) is 5.82 Å². The Morgan fingerprint density at radius 3 is 1.78 bits per heavy atom. The van der Waals surface area contributed by atoms with Crippen molar-refractivity contribution in [2.24, 2.45) is 0 Å². The Labute approximate surface area is 376 Å². The number of carbonyl (C=O) groups excluding carboxylic acids is 2. The van der Waals surface area contributed by atoms with Crippen LogP contribution >= 0.6 is 0 Å². The molecular weight excluding hydrogens is 800 g/mol. The van der Waals surface area contributed by atoms with Gasteiger partial charge in [-0.3, -0.25) is 19.4 Å². The second-order valence-electron chi connectivity index (χ2n) is 17.5. The molecule has 1 aliphatic carbocycles. The average Bonchev–Trinajstić information content (AvgIpc) is 4.17. The van der Waals surface area contributed by atoms with E-state index in [4.69, 9.17) is 9.97 Å². The number of hydrogen-bond acceptors (Lipinski definition) is 6. The molecular formula is C53H61FN8O2. The Morgan fingerprint density at radius 1 is 0.672 bits per heavy atom. The zero-order valence-electron chi connectivity index (χ0n) is 37.7. The summed E-state index contributed by atoms with van der Waals surface area (Å²) >= 11 is 0. The van der Waals surface area contributed by atoms with E-state index in [-0.39, 0.29) is 41.8 Å². The van der Waals surface area contributed by atoms with Crippen molar-refractivity contribution >= 4 is 11.8 Å². The highest BCUT2D eigenvalue weighted by atomic mass is 19.1. The lowest BCUT2D eigenvalue weighted by Crippen LogP contribution is -2.43. The summed E-state index contributed by atoms with van der Waals surface area (Å²) in [6.45, 7) is 12.9. The number of benzene rings is 4. The molecule has 0 saturated carbocycles. The van der Waals surface area contributed by atoms with Crippen LogP contribution in [0.2, 0.25) is 0 Å². The first-order valence-electron chi connectivity index (χ1n) is 23.6. The van der Waals surface area contributed by atoms with Gasteiger partial charge in [-0.05, 0) is 111 Å². The first-order valence-corrected chi connectivity index (χ1v) is 23.6. The molecule has 0 radical (unpaired) electrons. The van der Waals surface area contributed by atoms with Crippen molar-refractivity contribution in [3.05, 3.63) is 143 Å². The first-order chi connectivity index (χ1) is 31.3. The maximum absolute atomic E-state index is 16.2. The molecule has 4 heterocycles. The number of nitrogens with one attached hydrogen (secondary N) is 2. The van der Waals surface area contributed by atoms with Gasteiger partial charge in [0.1, 0.15) is 29.5 Å². The summed E-state index contributed by atoms with van der Waals surface area (Å²) in [7, 11) is 0. The minimum atomic E-state index is -0.376. The third-order valence-corrected chi connectivity index (χ3v) is 14.0. The number of likely N-dealkylation sites (tertiary alicyclic amines) is 2. The zero-order chi connectivity index (χ0) is 44.3. The molecule has 2 N–H and O–H groups in total. The zero-order valence-corrected chi connectivity index (χ0v) is 37.7. The molecule has 0 spiro atoms. The number of H-pyrrole nitrogens is 2. The van der Waals surface area contributed by atoms with Gasteiger partial charge < -0.3 is 19.8 Å². The lowest BCUT2D eigenvalue weighted by molar-refractivity contribution is -0.139. The van der Waals surface area contributed by atoms with Gasteiger partial charge in [-0.15, -0.1) is 0 Å². The molecule has 332 valence electrons. The molecule has 4 atom stereocenters. The molecule has 0 unspecified atom stereocenters. The summed E-state index contributed by atoms with van der Waals surface area (Å²) in [4.78, 5) is 54.4. The number of halogens is 1. The van der Waals surface area contributed by atoms with Crippen LogP contribution in [-0.2, 0) is 22.4 Å². The van der Waals surface area contributed by atoms with Gasteiger partial charge in [0.25, 0.3) is 0 Å².